The molecule has 0 radical (unpaired) electrons. The molecular formula is C34H30ClN5O6. The number of nitrogens with one attached hydrogen (secondary N) is 3. The van der Waals surface area contributed by atoms with Crippen molar-refractivity contribution in [1.29, 1.82) is 0 Å². The molecule has 4 aromatic carbocycles. The fourth-order valence-corrected chi connectivity index (χ4v) is 4.75. The summed E-state index contributed by atoms with van der Waals surface area (Å²) in [5, 5.41) is 14.8. The maximum absolute atomic E-state index is 13.5. The molecule has 0 saturated carbocycles. The lowest BCUT2D eigenvalue weighted by atomic mass is 10.1. The number of aliphatic carboxylic acids is 1. The Morgan fingerprint density at radius 1 is 0.826 bits per heavy atom. The average molecular weight is 640 g/mol. The van der Waals surface area contributed by atoms with E-state index in [1.165, 1.54) is 0 Å². The van der Waals surface area contributed by atoms with E-state index in [1.807, 2.05) is 30.3 Å². The number of alkyl carbamates (subject to hydrolysis) is 1. The Hall–Kier alpha value is -5.68. The van der Waals surface area contributed by atoms with Gasteiger partial charge in [0.1, 0.15) is 18.5 Å². The van der Waals surface area contributed by atoms with Crippen LogP contribution in [0.4, 0.5) is 4.79 Å². The highest BCUT2D eigenvalue weighted by atomic mass is 35.5. The van der Waals surface area contributed by atoms with Gasteiger partial charge in [-0.25, -0.2) is 14.6 Å². The van der Waals surface area contributed by atoms with E-state index >= 15 is 0 Å². The van der Waals surface area contributed by atoms with Crippen LogP contribution in [0.5, 0.6) is 0 Å². The number of carbonyl (C=O) groups is 4. The first kappa shape index (κ1) is 31.7. The molecule has 11 nitrogen and oxygen atoms in total. The van der Waals surface area contributed by atoms with Crippen molar-refractivity contribution in [3.63, 3.8) is 0 Å². The summed E-state index contributed by atoms with van der Waals surface area (Å²) in [6, 6.07) is 28.3. The number of hydrogen-bond acceptors (Lipinski definition) is 6. The van der Waals surface area contributed by atoms with Crippen LogP contribution >= 0.6 is 11.6 Å². The number of para-hydroxylation sites is 2. The van der Waals surface area contributed by atoms with Gasteiger partial charge in [0, 0.05) is 29.2 Å². The van der Waals surface area contributed by atoms with E-state index in [9.17, 15) is 24.3 Å². The third kappa shape index (κ3) is 8.48. The van der Waals surface area contributed by atoms with Crippen molar-refractivity contribution in [3.05, 3.63) is 136 Å². The van der Waals surface area contributed by atoms with Gasteiger partial charge < -0.3 is 30.4 Å². The fraction of sp³-hybridized carbons (Fsp3) is 0.147. The molecular weight excluding hydrogens is 610 g/mol. The van der Waals surface area contributed by atoms with Gasteiger partial charge in [0.15, 0.2) is 0 Å². The summed E-state index contributed by atoms with van der Waals surface area (Å²) in [5.41, 5.74) is 3.87. The number of carbonyl (C=O) groups excluding carboxylic acids is 3. The summed E-state index contributed by atoms with van der Waals surface area (Å²) in [4.78, 5) is 59.7. The fourth-order valence-electron chi connectivity index (χ4n) is 4.62. The highest BCUT2D eigenvalue weighted by Crippen LogP contribution is 2.18. The molecule has 3 amide bonds. The van der Waals surface area contributed by atoms with Gasteiger partial charge in [-0.1, -0.05) is 66.2 Å². The second kappa shape index (κ2) is 14.9. The van der Waals surface area contributed by atoms with E-state index in [4.69, 9.17) is 16.3 Å². The minimum absolute atomic E-state index is 0.0290. The van der Waals surface area contributed by atoms with Crippen LogP contribution in [0.15, 0.2) is 103 Å². The summed E-state index contributed by atoms with van der Waals surface area (Å²) >= 11 is 6.03. The zero-order valence-electron chi connectivity index (χ0n) is 24.5. The smallest absolute Gasteiger partial charge is 0.408 e. The molecule has 5 aromatic rings. The summed E-state index contributed by atoms with van der Waals surface area (Å²) < 4.78 is 5.08. The number of benzene rings is 4. The third-order valence-corrected chi connectivity index (χ3v) is 7.27. The molecule has 234 valence electrons. The largest absolute Gasteiger partial charge is 0.480 e. The molecule has 0 saturated heterocycles. The first-order valence-electron chi connectivity index (χ1n) is 14.3. The number of amides is 3. The van der Waals surface area contributed by atoms with Gasteiger partial charge in [0.2, 0.25) is 0 Å². The van der Waals surface area contributed by atoms with E-state index in [1.54, 1.807) is 77.7 Å². The van der Waals surface area contributed by atoms with E-state index < -0.39 is 24.0 Å². The Kier molecular flexibility index (Phi) is 10.3. The monoisotopic (exact) mass is 639 g/mol. The van der Waals surface area contributed by atoms with Crippen LogP contribution in [-0.2, 0) is 29.2 Å². The highest BCUT2D eigenvalue weighted by molar-refractivity contribution is 6.30. The van der Waals surface area contributed by atoms with Crippen LogP contribution < -0.4 is 10.6 Å². The van der Waals surface area contributed by atoms with Gasteiger partial charge in [-0.15, -0.1) is 0 Å². The van der Waals surface area contributed by atoms with Gasteiger partial charge in [0.25, 0.3) is 11.8 Å². The van der Waals surface area contributed by atoms with Gasteiger partial charge in [0.05, 0.1) is 17.6 Å². The molecule has 1 aromatic heterocycles. The Morgan fingerprint density at radius 3 is 2.20 bits per heavy atom. The predicted octanol–water partition coefficient (Wildman–Crippen LogP) is 5.17. The minimum Gasteiger partial charge on any atom is -0.480 e. The van der Waals surface area contributed by atoms with Gasteiger partial charge in [-0.05, 0) is 59.7 Å². The maximum Gasteiger partial charge on any atom is 0.408 e. The summed E-state index contributed by atoms with van der Waals surface area (Å²) in [6.07, 6.45) is -0.921. The molecule has 1 heterocycles. The van der Waals surface area contributed by atoms with Crippen LogP contribution in [-0.4, -0.2) is 56.4 Å². The number of aromatic nitrogens is 2. The number of H-pyrrole nitrogens is 1. The summed E-state index contributed by atoms with van der Waals surface area (Å²) in [7, 11) is 0. The molecule has 4 N–H and O–H groups in total. The topological polar surface area (TPSA) is 154 Å². The van der Waals surface area contributed by atoms with E-state index in [0.29, 0.717) is 16.4 Å². The van der Waals surface area contributed by atoms with E-state index in [2.05, 4.69) is 20.6 Å². The Morgan fingerprint density at radius 2 is 1.50 bits per heavy atom. The highest BCUT2D eigenvalue weighted by Gasteiger charge is 2.22. The average Bonchev–Trinajstić information content (AvgIpc) is 3.48. The summed E-state index contributed by atoms with van der Waals surface area (Å²) in [6.45, 7) is 0.0300. The second-order valence-corrected chi connectivity index (χ2v) is 10.8. The lowest BCUT2D eigenvalue weighted by molar-refractivity contribution is -0.139. The maximum atomic E-state index is 13.5. The first-order valence-corrected chi connectivity index (χ1v) is 14.7. The molecule has 46 heavy (non-hydrogen) atoms. The van der Waals surface area contributed by atoms with Crippen molar-refractivity contribution in [2.24, 2.45) is 0 Å². The lowest BCUT2D eigenvalue weighted by Crippen LogP contribution is -2.48. The summed E-state index contributed by atoms with van der Waals surface area (Å²) in [5.74, 6) is -1.48. The second-order valence-electron chi connectivity index (χ2n) is 10.4. The molecule has 0 spiro atoms. The Labute approximate surface area is 269 Å². The number of aromatic amines is 1. The van der Waals surface area contributed by atoms with Crippen molar-refractivity contribution >= 4 is 46.5 Å². The molecule has 0 bridgehead atoms. The van der Waals surface area contributed by atoms with E-state index in [0.717, 1.165) is 22.2 Å². The van der Waals surface area contributed by atoms with Crippen LogP contribution in [0.1, 0.15) is 37.7 Å². The quantitative estimate of drug-likeness (QED) is 0.147. The van der Waals surface area contributed by atoms with Crippen molar-refractivity contribution in [2.45, 2.75) is 25.7 Å². The molecule has 1 atom stereocenters. The van der Waals surface area contributed by atoms with Crippen LogP contribution in [0.2, 0.25) is 5.02 Å². The number of carboxylic acids is 1. The molecule has 0 aliphatic heterocycles. The molecule has 0 aliphatic rings. The zero-order chi connectivity index (χ0) is 32.5. The number of imidazole rings is 1. The van der Waals surface area contributed by atoms with Crippen molar-refractivity contribution < 1.29 is 29.0 Å². The van der Waals surface area contributed by atoms with Crippen molar-refractivity contribution in [1.82, 2.24) is 25.5 Å². The number of rotatable bonds is 12. The van der Waals surface area contributed by atoms with Crippen molar-refractivity contribution in [3.8, 4) is 0 Å². The number of ether oxygens (including phenoxy) is 1. The predicted molar refractivity (Wildman–Crippen MR) is 171 cm³/mol. The Bertz CT molecular complexity index is 1790. The number of hydrogen-bond donors (Lipinski definition) is 4. The molecule has 5 rings (SSSR count). The van der Waals surface area contributed by atoms with Crippen LogP contribution in [0.25, 0.3) is 11.0 Å². The van der Waals surface area contributed by atoms with Gasteiger partial charge in [-0.3, -0.25) is 9.59 Å². The minimum atomic E-state index is -1.41. The van der Waals surface area contributed by atoms with Gasteiger partial charge >= 0.3 is 12.1 Å². The number of carboxylic acid groups (broad SMARTS) is 1. The molecule has 0 fully saturated rings. The van der Waals surface area contributed by atoms with E-state index in [-0.39, 0.29) is 37.7 Å². The number of nitrogens with zero attached hydrogens (tertiary/aromatic N) is 2. The standard InChI is InChI=1S/C34H30ClN5O6/c35-26-16-14-25(15-17-26)32(42)40(20-30-37-27-8-4-5-9-28(27)38-30)19-22-10-12-24(13-11-22)31(41)36-18-29(33(43)44)39-34(45)46-21-23-6-2-1-3-7-23/h1-17,29H,18-21H2,(H,36,41)(H,37,38)(H,39,45)(H,43,44)/t29-/m0/s1. The first-order chi connectivity index (χ1) is 22.2. The van der Waals surface area contributed by atoms with Crippen LogP contribution in [0, 0.1) is 0 Å². The lowest BCUT2D eigenvalue weighted by Gasteiger charge is -2.22. The molecule has 12 heteroatoms. The van der Waals surface area contributed by atoms with Crippen LogP contribution in [0.3, 0.4) is 0 Å². The normalized spacial score (nSPS) is 11.4. The SMILES string of the molecule is O=C(N[C@@H](CNC(=O)c1ccc(CN(Cc2nc3ccccc3[nH]2)C(=O)c2ccc(Cl)cc2)cc1)C(=O)O)OCc1ccccc1. The number of halogens is 1. The van der Waals surface area contributed by atoms with Gasteiger partial charge in [-0.2, -0.15) is 0 Å². The van der Waals surface area contributed by atoms with Crippen molar-refractivity contribution in [2.75, 3.05) is 6.54 Å². The molecule has 0 unspecified atom stereocenters. The number of fused-ring (bicyclic) bond motifs is 1. The Balaban J connectivity index is 1.21. The zero-order valence-corrected chi connectivity index (χ0v) is 25.2. The molecule has 0 aliphatic carbocycles. The third-order valence-electron chi connectivity index (χ3n) is 7.02.